The number of fused-ring (bicyclic) bond motifs is 1. The van der Waals surface area contributed by atoms with Crippen molar-refractivity contribution in [2.75, 3.05) is 48.9 Å². The molecule has 1 unspecified atom stereocenters. The molecule has 0 saturated heterocycles. The van der Waals surface area contributed by atoms with Gasteiger partial charge in [-0.3, -0.25) is 9.59 Å². The first-order valence-corrected chi connectivity index (χ1v) is 10.3. The van der Waals surface area contributed by atoms with E-state index in [2.05, 4.69) is 20.6 Å². The fraction of sp³-hybridized carbons (Fsp3) is 0.429. The fourth-order valence-corrected chi connectivity index (χ4v) is 3.68. The molecule has 1 aliphatic heterocycles. The summed E-state index contributed by atoms with van der Waals surface area (Å²) in [5.41, 5.74) is 7.30. The van der Waals surface area contributed by atoms with Crippen molar-refractivity contribution in [3.8, 4) is 5.75 Å². The number of nitrogens with two attached hydrogens (primary N) is 1. The van der Waals surface area contributed by atoms with Crippen molar-refractivity contribution >= 4 is 35.0 Å². The number of nitrogens with one attached hydrogen (secondary N) is 2. The third-order valence-electron chi connectivity index (χ3n) is 5.20. The standard InChI is InChI=1S/C21H29N7O3/c1-5-14-20(30)27(3)15-12-24-21(26-18(15)28(14)11-10-22)25-17-13(19(29)23-6-2)8-7-9-16(17)31-4/h7-9,12,14H,5-6,10-11,22H2,1-4H3,(H,23,29)(H,24,25,26). The molecule has 4 N–H and O–H groups in total. The first-order valence-electron chi connectivity index (χ1n) is 10.3. The van der Waals surface area contributed by atoms with Gasteiger partial charge in [0.05, 0.1) is 24.6 Å². The number of nitrogens with zero attached hydrogens (tertiary/aromatic N) is 4. The number of hydrogen-bond donors (Lipinski definition) is 3. The molecule has 166 valence electrons. The summed E-state index contributed by atoms with van der Waals surface area (Å²) in [6.45, 7) is 5.18. The lowest BCUT2D eigenvalue weighted by atomic mass is 10.1. The minimum absolute atomic E-state index is 0.0176. The summed E-state index contributed by atoms with van der Waals surface area (Å²) in [7, 11) is 3.25. The van der Waals surface area contributed by atoms with Gasteiger partial charge in [-0.05, 0) is 25.5 Å². The van der Waals surface area contributed by atoms with E-state index >= 15 is 0 Å². The normalized spacial score (nSPS) is 15.5. The van der Waals surface area contributed by atoms with E-state index in [4.69, 9.17) is 10.5 Å². The van der Waals surface area contributed by atoms with E-state index in [0.717, 1.165) is 0 Å². The number of likely N-dealkylation sites (N-methyl/N-ethyl adjacent to an activating group) is 1. The lowest BCUT2D eigenvalue weighted by Gasteiger charge is -2.40. The van der Waals surface area contributed by atoms with Crippen molar-refractivity contribution in [2.45, 2.75) is 26.3 Å². The monoisotopic (exact) mass is 427 g/mol. The average Bonchev–Trinajstić information content (AvgIpc) is 2.78. The van der Waals surface area contributed by atoms with E-state index in [-0.39, 0.29) is 23.8 Å². The SMILES string of the molecule is CCNC(=O)c1cccc(OC)c1Nc1ncc2c(n1)N(CCN)C(CC)C(=O)N2C. The molecular formula is C21H29N7O3. The third-order valence-corrected chi connectivity index (χ3v) is 5.20. The van der Waals surface area contributed by atoms with Gasteiger partial charge in [-0.1, -0.05) is 13.0 Å². The van der Waals surface area contributed by atoms with Crippen LogP contribution < -0.4 is 30.9 Å². The molecule has 2 heterocycles. The molecule has 0 bridgehead atoms. The van der Waals surface area contributed by atoms with Crippen molar-refractivity contribution in [3.05, 3.63) is 30.0 Å². The highest BCUT2D eigenvalue weighted by molar-refractivity contribution is 6.04. The Morgan fingerprint density at radius 3 is 2.74 bits per heavy atom. The number of benzene rings is 1. The van der Waals surface area contributed by atoms with Crippen LogP contribution in [0.3, 0.4) is 0 Å². The van der Waals surface area contributed by atoms with Gasteiger partial charge in [-0.15, -0.1) is 0 Å². The van der Waals surface area contributed by atoms with Crippen LogP contribution in [0, 0.1) is 0 Å². The van der Waals surface area contributed by atoms with Crippen LogP contribution in [-0.4, -0.2) is 61.6 Å². The molecule has 10 nitrogen and oxygen atoms in total. The third kappa shape index (κ3) is 4.24. The highest BCUT2D eigenvalue weighted by Crippen LogP contribution is 2.36. The largest absolute Gasteiger partial charge is 0.495 e. The Kier molecular flexibility index (Phi) is 6.91. The molecule has 0 aliphatic carbocycles. The number of hydrogen-bond acceptors (Lipinski definition) is 8. The van der Waals surface area contributed by atoms with Gasteiger partial charge in [0.25, 0.3) is 5.91 Å². The minimum atomic E-state index is -0.346. The molecule has 0 radical (unpaired) electrons. The number of aromatic nitrogens is 2. The van der Waals surface area contributed by atoms with Gasteiger partial charge in [-0.2, -0.15) is 4.98 Å². The van der Waals surface area contributed by atoms with Gasteiger partial charge in [0.2, 0.25) is 11.9 Å². The molecule has 31 heavy (non-hydrogen) atoms. The Morgan fingerprint density at radius 2 is 2.10 bits per heavy atom. The molecule has 1 aromatic heterocycles. The predicted molar refractivity (Wildman–Crippen MR) is 120 cm³/mol. The molecule has 1 atom stereocenters. The van der Waals surface area contributed by atoms with Crippen LogP contribution in [0.25, 0.3) is 0 Å². The summed E-state index contributed by atoms with van der Waals surface area (Å²) < 4.78 is 5.45. The van der Waals surface area contributed by atoms with E-state index in [1.165, 1.54) is 7.11 Å². The summed E-state index contributed by atoms with van der Waals surface area (Å²) in [5.74, 6) is 1.14. The summed E-state index contributed by atoms with van der Waals surface area (Å²) in [5, 5.41) is 5.93. The van der Waals surface area contributed by atoms with Gasteiger partial charge in [0.1, 0.15) is 17.5 Å². The van der Waals surface area contributed by atoms with Gasteiger partial charge in [-0.25, -0.2) is 4.98 Å². The van der Waals surface area contributed by atoms with Crippen molar-refractivity contribution in [1.29, 1.82) is 0 Å². The maximum atomic E-state index is 12.8. The number of para-hydroxylation sites is 1. The number of carbonyl (C=O) groups is 2. The maximum Gasteiger partial charge on any atom is 0.253 e. The predicted octanol–water partition coefficient (Wildman–Crippen LogP) is 1.50. The quantitative estimate of drug-likeness (QED) is 0.579. The van der Waals surface area contributed by atoms with E-state index in [1.54, 1.807) is 36.3 Å². The molecule has 2 amide bonds. The van der Waals surface area contributed by atoms with Crippen LogP contribution in [-0.2, 0) is 4.79 Å². The highest BCUT2D eigenvalue weighted by atomic mass is 16.5. The molecule has 0 saturated carbocycles. The number of rotatable bonds is 8. The molecule has 0 fully saturated rings. The Bertz CT molecular complexity index is 966. The average molecular weight is 428 g/mol. The van der Waals surface area contributed by atoms with Crippen molar-refractivity contribution in [3.63, 3.8) is 0 Å². The topological polar surface area (TPSA) is 126 Å². The number of methoxy groups -OCH3 is 1. The molecular weight excluding hydrogens is 398 g/mol. The second kappa shape index (κ2) is 9.61. The number of ether oxygens (including phenoxy) is 1. The molecule has 3 rings (SSSR count). The van der Waals surface area contributed by atoms with Crippen LogP contribution in [0.5, 0.6) is 5.75 Å². The Morgan fingerprint density at radius 1 is 1.32 bits per heavy atom. The Hall–Kier alpha value is -3.40. The van der Waals surface area contributed by atoms with E-state index in [0.29, 0.717) is 54.6 Å². The number of carbonyl (C=O) groups excluding carboxylic acids is 2. The van der Waals surface area contributed by atoms with Gasteiger partial charge >= 0.3 is 0 Å². The minimum Gasteiger partial charge on any atom is -0.495 e. The molecule has 1 aliphatic rings. The highest BCUT2D eigenvalue weighted by Gasteiger charge is 2.36. The Balaban J connectivity index is 2.05. The first-order chi connectivity index (χ1) is 15.0. The first kappa shape index (κ1) is 22.3. The smallest absolute Gasteiger partial charge is 0.253 e. The van der Waals surface area contributed by atoms with Crippen LogP contribution >= 0.6 is 0 Å². The van der Waals surface area contributed by atoms with Gasteiger partial charge < -0.3 is 30.9 Å². The molecule has 1 aromatic carbocycles. The van der Waals surface area contributed by atoms with E-state index in [1.807, 2.05) is 18.7 Å². The lowest BCUT2D eigenvalue weighted by molar-refractivity contribution is -0.120. The van der Waals surface area contributed by atoms with Crippen LogP contribution in [0.2, 0.25) is 0 Å². The van der Waals surface area contributed by atoms with Crippen LogP contribution in [0.4, 0.5) is 23.1 Å². The van der Waals surface area contributed by atoms with Crippen molar-refractivity contribution in [1.82, 2.24) is 15.3 Å². The zero-order valence-electron chi connectivity index (χ0n) is 18.3. The van der Waals surface area contributed by atoms with Crippen molar-refractivity contribution < 1.29 is 14.3 Å². The number of amides is 2. The molecule has 2 aromatic rings. The zero-order valence-corrected chi connectivity index (χ0v) is 18.3. The van der Waals surface area contributed by atoms with Gasteiger partial charge in [0.15, 0.2) is 5.82 Å². The summed E-state index contributed by atoms with van der Waals surface area (Å²) in [6, 6.07) is 4.86. The van der Waals surface area contributed by atoms with Gasteiger partial charge in [0, 0.05) is 26.7 Å². The van der Waals surface area contributed by atoms with Crippen LogP contribution in [0.1, 0.15) is 30.6 Å². The number of anilines is 4. The maximum absolute atomic E-state index is 12.8. The zero-order chi connectivity index (χ0) is 22.5. The van der Waals surface area contributed by atoms with E-state index in [9.17, 15) is 9.59 Å². The van der Waals surface area contributed by atoms with Crippen molar-refractivity contribution in [2.24, 2.45) is 5.73 Å². The summed E-state index contributed by atoms with van der Waals surface area (Å²) in [4.78, 5) is 37.8. The van der Waals surface area contributed by atoms with E-state index < -0.39 is 0 Å². The fourth-order valence-electron chi connectivity index (χ4n) is 3.68. The second-order valence-corrected chi connectivity index (χ2v) is 7.07. The molecule has 10 heteroatoms. The molecule has 0 spiro atoms. The summed E-state index contributed by atoms with van der Waals surface area (Å²) >= 11 is 0. The Labute approximate surface area is 181 Å². The summed E-state index contributed by atoms with van der Waals surface area (Å²) in [6.07, 6.45) is 2.22. The van der Waals surface area contributed by atoms with Crippen LogP contribution in [0.15, 0.2) is 24.4 Å². The lowest BCUT2D eigenvalue weighted by Crippen LogP contribution is -2.53. The second-order valence-electron chi connectivity index (χ2n) is 7.07.